The van der Waals surface area contributed by atoms with Crippen LogP contribution in [0.3, 0.4) is 0 Å². The Morgan fingerprint density at radius 1 is 1.06 bits per heavy atom. The fourth-order valence-corrected chi connectivity index (χ4v) is 7.44. The zero-order chi connectivity index (χ0) is 37.9. The van der Waals surface area contributed by atoms with Crippen LogP contribution < -0.4 is 10.6 Å². The van der Waals surface area contributed by atoms with E-state index < -0.39 is 46.6 Å². The van der Waals surface area contributed by atoms with E-state index in [2.05, 4.69) is 30.7 Å². The van der Waals surface area contributed by atoms with Crippen molar-refractivity contribution in [3.63, 3.8) is 0 Å². The minimum atomic E-state index is -4.76. The molecule has 1 spiro atoms. The van der Waals surface area contributed by atoms with Gasteiger partial charge >= 0.3 is 6.18 Å². The second-order valence-electron chi connectivity index (χ2n) is 14.8. The molecule has 3 amide bonds. The molecule has 1 saturated carbocycles. The summed E-state index contributed by atoms with van der Waals surface area (Å²) in [6.07, 6.45) is 0.286. The number of aromatic nitrogens is 5. The van der Waals surface area contributed by atoms with Gasteiger partial charge in [-0.1, -0.05) is 26.0 Å². The number of pyridine rings is 1. The molecule has 1 unspecified atom stereocenters. The molecule has 13 nitrogen and oxygen atoms in total. The number of carbonyl (C=O) groups is 4. The number of Topliss-reactive ketones (excluding diaryl/α,β-unsaturated/α-hetero) is 1. The molecule has 0 radical (unpaired) electrons. The largest absolute Gasteiger partial charge is 0.433 e. The molecule has 1 aliphatic carbocycles. The number of rotatable bonds is 4. The molecule has 1 aromatic carbocycles. The van der Waals surface area contributed by atoms with Gasteiger partial charge in [-0.3, -0.25) is 23.9 Å². The molecule has 7 rings (SSSR count). The molecule has 3 aromatic heterocycles. The van der Waals surface area contributed by atoms with Crippen molar-refractivity contribution in [2.24, 2.45) is 10.8 Å². The van der Waals surface area contributed by atoms with Crippen LogP contribution in [0.2, 0.25) is 0 Å². The summed E-state index contributed by atoms with van der Waals surface area (Å²) in [5, 5.41) is 10.6. The average molecular weight is 733 g/mol. The lowest BCUT2D eigenvalue weighted by molar-refractivity contribution is -0.141. The van der Waals surface area contributed by atoms with E-state index in [1.807, 2.05) is 19.9 Å². The van der Waals surface area contributed by atoms with Crippen LogP contribution >= 0.6 is 0 Å². The number of nitrogens with one attached hydrogen (secondary N) is 2. The highest BCUT2D eigenvalue weighted by molar-refractivity contribution is 6.06. The van der Waals surface area contributed by atoms with Gasteiger partial charge < -0.3 is 20.3 Å². The van der Waals surface area contributed by atoms with Crippen molar-refractivity contribution >= 4 is 40.2 Å². The van der Waals surface area contributed by atoms with E-state index in [1.165, 1.54) is 22.6 Å². The molecule has 1 saturated heterocycles. The molecule has 3 atom stereocenters. The summed E-state index contributed by atoms with van der Waals surface area (Å²) in [5.74, 6) is -1.36. The number of ether oxygens (including phenoxy) is 1. The van der Waals surface area contributed by atoms with Crippen LogP contribution in [0.4, 0.5) is 19.0 Å². The molecule has 278 valence electrons. The Hall–Kier alpha value is -5.25. The highest BCUT2D eigenvalue weighted by Gasteiger charge is 2.67. The number of carbonyl (C=O) groups excluding carboxylic acids is 4. The summed E-state index contributed by atoms with van der Waals surface area (Å²) in [7, 11) is 0. The Morgan fingerprint density at radius 2 is 1.81 bits per heavy atom. The maximum atomic E-state index is 14.3. The number of anilines is 1. The lowest BCUT2D eigenvalue weighted by Crippen LogP contribution is -2.47. The van der Waals surface area contributed by atoms with Gasteiger partial charge in [-0.2, -0.15) is 18.3 Å². The SMILES string of the molecule is CC(=O)c1nn(CC(=O)N2[C@H]3CC4(CNC(=O)C(C)(C)CCCOCc5ccc(C(F)(F)F)nc5NC3=O)C[C@@H]24)c2ccc(-c3cnc(C)nc3)cc12. The van der Waals surface area contributed by atoms with Gasteiger partial charge in [-0.05, 0) is 56.4 Å². The molecular formula is C37H39F3N8O5. The Morgan fingerprint density at radius 3 is 2.53 bits per heavy atom. The van der Waals surface area contributed by atoms with Crippen molar-refractivity contribution in [2.75, 3.05) is 18.5 Å². The first-order valence-corrected chi connectivity index (χ1v) is 17.4. The van der Waals surface area contributed by atoms with E-state index >= 15 is 0 Å². The van der Waals surface area contributed by atoms with E-state index in [4.69, 9.17) is 4.74 Å². The maximum absolute atomic E-state index is 14.3. The minimum Gasteiger partial charge on any atom is -0.377 e. The van der Waals surface area contributed by atoms with Crippen LogP contribution in [0.1, 0.15) is 74.0 Å². The standard InChI is InChI=1S/C37H39F3N8O5/c1-20(49)31-25-12-22(24-15-41-21(2)42-16-24)6-8-26(25)47(46-31)17-30(50)48-27-13-36(14-29(36)48)19-43-34(52)35(3,4)10-5-11-53-18-23-7-9-28(37(38,39)40)44-32(23)45-33(27)51/h6-9,12,15-16,27,29H,5,10-11,13-14,17-19H2,1-4H3,(H,43,52)(H,44,45,51)/t27-,29+,36?/m0/s1. The monoisotopic (exact) mass is 732 g/mol. The number of aryl methyl sites for hydroxylation is 1. The third kappa shape index (κ3) is 6.99. The predicted molar refractivity (Wildman–Crippen MR) is 185 cm³/mol. The Bertz CT molecular complexity index is 2130. The third-order valence-corrected chi connectivity index (χ3v) is 10.6. The second kappa shape index (κ2) is 13.3. The predicted octanol–water partition coefficient (Wildman–Crippen LogP) is 4.87. The highest BCUT2D eigenvalue weighted by atomic mass is 19.4. The van der Waals surface area contributed by atoms with Crippen molar-refractivity contribution < 1.29 is 37.1 Å². The number of fused-ring (bicyclic) bond motifs is 3. The zero-order valence-corrected chi connectivity index (χ0v) is 29.7. The quantitative estimate of drug-likeness (QED) is 0.279. The summed E-state index contributed by atoms with van der Waals surface area (Å²) in [5.41, 5.74) is -0.147. The highest BCUT2D eigenvalue weighted by Crippen LogP contribution is 2.59. The molecule has 5 heterocycles. The van der Waals surface area contributed by atoms with Gasteiger partial charge in [0.1, 0.15) is 35.6 Å². The average Bonchev–Trinajstić information content (AvgIpc) is 3.52. The van der Waals surface area contributed by atoms with Crippen LogP contribution in [0, 0.1) is 17.8 Å². The summed E-state index contributed by atoms with van der Waals surface area (Å²) < 4.78 is 48.3. The first-order valence-electron chi connectivity index (χ1n) is 17.4. The number of likely N-dealkylation sites (tertiary alicyclic amines) is 1. The lowest BCUT2D eigenvalue weighted by atomic mass is 9.86. The number of nitrogens with zero attached hydrogens (tertiary/aromatic N) is 6. The Kier molecular flexibility index (Phi) is 9.07. The normalized spacial score (nSPS) is 23.2. The molecule has 2 N–H and O–H groups in total. The van der Waals surface area contributed by atoms with Crippen LogP contribution in [0.25, 0.3) is 22.0 Å². The number of benzene rings is 1. The van der Waals surface area contributed by atoms with E-state index in [0.29, 0.717) is 36.0 Å². The van der Waals surface area contributed by atoms with Crippen molar-refractivity contribution in [1.29, 1.82) is 0 Å². The summed E-state index contributed by atoms with van der Waals surface area (Å²) in [4.78, 5) is 68.1. The van der Waals surface area contributed by atoms with Crippen molar-refractivity contribution in [1.82, 2.24) is 34.9 Å². The van der Waals surface area contributed by atoms with Gasteiger partial charge in [0, 0.05) is 65.9 Å². The fraction of sp³-hybridized carbons (Fsp3) is 0.459. The summed E-state index contributed by atoms with van der Waals surface area (Å²) >= 11 is 0. The Balaban J connectivity index is 1.22. The maximum Gasteiger partial charge on any atom is 0.433 e. The molecular weight excluding hydrogens is 693 g/mol. The first-order chi connectivity index (χ1) is 25.1. The molecule has 53 heavy (non-hydrogen) atoms. The number of hydrogen-bond donors (Lipinski definition) is 2. The number of piperidine rings is 1. The first kappa shape index (κ1) is 36.1. The molecule has 2 fully saturated rings. The summed E-state index contributed by atoms with van der Waals surface area (Å²) in [6.45, 7) is 6.80. The fourth-order valence-electron chi connectivity index (χ4n) is 7.44. The van der Waals surface area contributed by atoms with E-state index in [9.17, 15) is 32.3 Å². The zero-order valence-electron chi connectivity index (χ0n) is 29.7. The summed E-state index contributed by atoms with van der Waals surface area (Å²) in [6, 6.07) is 5.88. The van der Waals surface area contributed by atoms with Gasteiger partial charge in [0.15, 0.2) is 5.78 Å². The van der Waals surface area contributed by atoms with Gasteiger partial charge in [-0.25, -0.2) is 15.0 Å². The smallest absolute Gasteiger partial charge is 0.377 e. The van der Waals surface area contributed by atoms with Gasteiger partial charge in [-0.15, -0.1) is 0 Å². The van der Waals surface area contributed by atoms with Gasteiger partial charge in [0.2, 0.25) is 17.7 Å². The molecule has 16 heteroatoms. The van der Waals surface area contributed by atoms with Crippen LogP contribution in [0.15, 0.2) is 42.7 Å². The van der Waals surface area contributed by atoms with Crippen molar-refractivity contribution in [3.8, 4) is 11.1 Å². The van der Waals surface area contributed by atoms with Crippen molar-refractivity contribution in [3.05, 3.63) is 65.5 Å². The number of ketones is 1. The van der Waals surface area contributed by atoms with Crippen molar-refractivity contribution in [2.45, 2.75) is 84.8 Å². The van der Waals surface area contributed by atoms with Gasteiger partial charge in [0.25, 0.3) is 0 Å². The van der Waals surface area contributed by atoms with Crippen LogP contribution in [0.5, 0.6) is 0 Å². The van der Waals surface area contributed by atoms with Crippen LogP contribution in [-0.2, 0) is 38.4 Å². The van der Waals surface area contributed by atoms with E-state index in [1.54, 1.807) is 31.5 Å². The number of alkyl halides is 3. The molecule has 2 aliphatic heterocycles. The van der Waals surface area contributed by atoms with E-state index in [0.717, 1.165) is 17.2 Å². The topological polar surface area (TPSA) is 161 Å². The second-order valence-corrected chi connectivity index (χ2v) is 14.8. The van der Waals surface area contributed by atoms with Crippen LogP contribution in [-0.4, -0.2) is 78.4 Å². The number of halogens is 3. The molecule has 3 aliphatic rings. The number of amides is 3. The van der Waals surface area contributed by atoms with E-state index in [-0.39, 0.29) is 61.5 Å². The third-order valence-electron chi connectivity index (χ3n) is 10.6. The minimum absolute atomic E-state index is 0.128. The lowest BCUT2D eigenvalue weighted by Gasteiger charge is -2.27. The molecule has 4 aromatic rings. The number of hydrogen-bond acceptors (Lipinski definition) is 9. The Labute approximate surface area is 302 Å². The molecule has 2 bridgehead atoms. The van der Waals surface area contributed by atoms with Gasteiger partial charge in [0.05, 0.1) is 12.1 Å².